The first-order valence-corrected chi connectivity index (χ1v) is 9.23. The lowest BCUT2D eigenvalue weighted by Crippen LogP contribution is -2.47. The van der Waals surface area contributed by atoms with Gasteiger partial charge in [-0.1, -0.05) is 49.6 Å². The number of rotatable bonds is 4. The van der Waals surface area contributed by atoms with Crippen molar-refractivity contribution in [3.05, 3.63) is 35.9 Å². The lowest BCUT2D eigenvalue weighted by molar-refractivity contribution is -0.879. The summed E-state index contributed by atoms with van der Waals surface area (Å²) in [4.78, 5) is 13.1. The first-order chi connectivity index (χ1) is 11.4. The van der Waals surface area contributed by atoms with E-state index in [0.29, 0.717) is 5.56 Å². The normalized spacial score (nSPS) is 26.7. The van der Waals surface area contributed by atoms with E-state index in [0.717, 1.165) is 49.7 Å². The smallest absolute Gasteiger partial charge is 0.343 e. The Morgan fingerprint density at radius 2 is 1.79 bits per heavy atom. The number of carbonyl (C=O) groups is 1. The highest BCUT2D eigenvalue weighted by Gasteiger charge is 2.48. The first kappa shape index (κ1) is 17.4. The molecule has 1 aliphatic heterocycles. The standard InChI is InChI=1S/C20H30NO3/c1-21(2)14-13-18(15-21)24-19(22)20(23,16-9-5-3-6-10-16)17-11-7-4-8-12-17/h3,5-6,9-10,17-18,23H,4,7-8,11-15H2,1-2H3/q+1/t18-,20+/m0/s1. The van der Waals surface area contributed by atoms with Gasteiger partial charge in [-0.2, -0.15) is 0 Å². The van der Waals surface area contributed by atoms with Gasteiger partial charge in [0.05, 0.1) is 20.6 Å². The van der Waals surface area contributed by atoms with Crippen LogP contribution >= 0.6 is 0 Å². The van der Waals surface area contributed by atoms with Crippen LogP contribution in [0.15, 0.2) is 30.3 Å². The fourth-order valence-electron chi connectivity index (χ4n) is 4.30. The number of likely N-dealkylation sites (tertiary alicyclic amines) is 1. The summed E-state index contributed by atoms with van der Waals surface area (Å²) < 4.78 is 6.68. The van der Waals surface area contributed by atoms with E-state index < -0.39 is 11.6 Å². The molecule has 4 nitrogen and oxygen atoms in total. The van der Waals surface area contributed by atoms with Gasteiger partial charge in [0.15, 0.2) is 11.7 Å². The molecule has 0 spiro atoms. The number of quaternary nitrogens is 1. The maximum absolute atomic E-state index is 13.1. The molecule has 4 heteroatoms. The lowest BCUT2D eigenvalue weighted by Gasteiger charge is -2.37. The molecule has 3 rings (SSSR count). The lowest BCUT2D eigenvalue weighted by atomic mass is 9.73. The van der Waals surface area contributed by atoms with E-state index in [9.17, 15) is 9.90 Å². The molecular weight excluding hydrogens is 302 g/mol. The number of esters is 1. The molecule has 2 atom stereocenters. The average Bonchev–Trinajstić information content (AvgIpc) is 2.94. The van der Waals surface area contributed by atoms with Crippen molar-refractivity contribution in [2.24, 2.45) is 5.92 Å². The van der Waals surface area contributed by atoms with Gasteiger partial charge in [0.2, 0.25) is 0 Å². The van der Waals surface area contributed by atoms with Gasteiger partial charge < -0.3 is 14.3 Å². The summed E-state index contributed by atoms with van der Waals surface area (Å²) in [6.45, 7) is 1.83. The second-order valence-corrected chi connectivity index (χ2v) is 8.13. The van der Waals surface area contributed by atoms with Crippen LogP contribution in [0, 0.1) is 5.92 Å². The summed E-state index contributed by atoms with van der Waals surface area (Å²) in [5.74, 6) is -0.502. The van der Waals surface area contributed by atoms with Crippen molar-refractivity contribution in [3.8, 4) is 0 Å². The van der Waals surface area contributed by atoms with Gasteiger partial charge in [-0.15, -0.1) is 0 Å². The predicted molar refractivity (Wildman–Crippen MR) is 93.3 cm³/mol. The van der Waals surface area contributed by atoms with Crippen molar-refractivity contribution in [2.75, 3.05) is 27.2 Å². The van der Waals surface area contributed by atoms with Gasteiger partial charge in [-0.3, -0.25) is 0 Å². The third kappa shape index (κ3) is 3.50. The molecule has 0 amide bonds. The summed E-state index contributed by atoms with van der Waals surface area (Å²) in [6.07, 6.45) is 5.87. The Morgan fingerprint density at radius 1 is 1.12 bits per heavy atom. The SMILES string of the molecule is C[N+]1(C)CC[C@H](OC(=O)[C@@](O)(c2ccccc2)C2CCCCC2)C1. The number of carbonyl (C=O) groups excluding carboxylic acids is 1. The van der Waals surface area contributed by atoms with Gasteiger partial charge in [0.25, 0.3) is 0 Å². The highest BCUT2D eigenvalue weighted by Crippen LogP contribution is 2.40. The number of hydrogen-bond acceptors (Lipinski definition) is 3. The van der Waals surface area contributed by atoms with Crippen LogP contribution in [0.4, 0.5) is 0 Å². The van der Waals surface area contributed by atoms with Gasteiger partial charge >= 0.3 is 5.97 Å². The number of hydrogen-bond donors (Lipinski definition) is 1. The Kier molecular flexibility index (Phi) is 4.97. The molecule has 1 aliphatic carbocycles. The zero-order chi connectivity index (χ0) is 17.2. The van der Waals surface area contributed by atoms with Crippen LogP contribution in [0.5, 0.6) is 0 Å². The number of nitrogens with zero attached hydrogens (tertiary/aromatic N) is 1. The second-order valence-electron chi connectivity index (χ2n) is 8.13. The van der Waals surface area contributed by atoms with Crippen molar-refractivity contribution < 1.29 is 19.1 Å². The molecule has 1 aromatic rings. The summed E-state index contributed by atoms with van der Waals surface area (Å²) in [6, 6.07) is 9.38. The fourth-order valence-corrected chi connectivity index (χ4v) is 4.30. The Labute approximate surface area is 145 Å². The van der Waals surface area contributed by atoms with Crippen molar-refractivity contribution in [2.45, 2.75) is 50.2 Å². The summed E-state index contributed by atoms with van der Waals surface area (Å²) in [7, 11) is 4.30. The Hall–Kier alpha value is -1.39. The van der Waals surface area contributed by atoms with E-state index >= 15 is 0 Å². The van der Waals surface area contributed by atoms with Crippen molar-refractivity contribution in [3.63, 3.8) is 0 Å². The maximum Gasteiger partial charge on any atom is 0.343 e. The van der Waals surface area contributed by atoms with Gasteiger partial charge in [-0.25, -0.2) is 4.79 Å². The maximum atomic E-state index is 13.1. The Bertz CT molecular complexity index is 566. The molecule has 1 aromatic carbocycles. The monoisotopic (exact) mass is 332 g/mol. The molecular formula is C20H30NO3+. The van der Waals surface area contributed by atoms with E-state index in [1.165, 1.54) is 6.42 Å². The van der Waals surface area contributed by atoms with Crippen LogP contribution in [0.3, 0.4) is 0 Å². The molecule has 24 heavy (non-hydrogen) atoms. The van der Waals surface area contributed by atoms with Gasteiger partial charge in [0.1, 0.15) is 6.54 Å². The molecule has 0 radical (unpaired) electrons. The highest BCUT2D eigenvalue weighted by atomic mass is 16.6. The zero-order valence-corrected chi connectivity index (χ0v) is 14.9. The minimum Gasteiger partial charge on any atom is -0.454 e. The summed E-state index contributed by atoms with van der Waals surface area (Å²) in [5, 5.41) is 11.5. The zero-order valence-electron chi connectivity index (χ0n) is 14.9. The quantitative estimate of drug-likeness (QED) is 0.681. The highest BCUT2D eigenvalue weighted by molar-refractivity contribution is 5.81. The predicted octanol–water partition coefficient (Wildman–Crippen LogP) is 2.85. The molecule has 2 aliphatic rings. The molecule has 1 saturated carbocycles. The van der Waals surface area contributed by atoms with Gasteiger partial charge in [-0.05, 0) is 18.4 Å². The number of ether oxygens (including phenoxy) is 1. The van der Waals surface area contributed by atoms with Crippen LogP contribution in [0.2, 0.25) is 0 Å². The van der Waals surface area contributed by atoms with Crippen molar-refractivity contribution >= 4 is 5.97 Å². The topological polar surface area (TPSA) is 46.5 Å². The number of likely N-dealkylation sites (N-methyl/N-ethyl adjacent to an activating group) is 1. The van der Waals surface area contributed by atoms with Crippen LogP contribution in [-0.4, -0.2) is 48.8 Å². The molecule has 1 N–H and O–H groups in total. The van der Waals surface area contributed by atoms with E-state index in [2.05, 4.69) is 14.1 Å². The summed E-state index contributed by atoms with van der Waals surface area (Å²) in [5.41, 5.74) is -0.838. The van der Waals surface area contributed by atoms with E-state index in [4.69, 9.17) is 4.74 Å². The van der Waals surface area contributed by atoms with E-state index in [-0.39, 0.29) is 12.0 Å². The molecule has 0 bridgehead atoms. The Morgan fingerprint density at radius 3 is 2.38 bits per heavy atom. The summed E-state index contributed by atoms with van der Waals surface area (Å²) >= 11 is 0. The third-order valence-corrected chi connectivity index (χ3v) is 5.75. The van der Waals surface area contributed by atoms with Crippen LogP contribution in [0.25, 0.3) is 0 Å². The minimum atomic E-state index is -1.51. The number of benzene rings is 1. The second kappa shape index (κ2) is 6.85. The van der Waals surface area contributed by atoms with Crippen molar-refractivity contribution in [1.29, 1.82) is 0 Å². The first-order valence-electron chi connectivity index (χ1n) is 9.23. The molecule has 2 fully saturated rings. The molecule has 0 unspecified atom stereocenters. The largest absolute Gasteiger partial charge is 0.454 e. The van der Waals surface area contributed by atoms with E-state index in [1.54, 1.807) is 0 Å². The minimum absolute atomic E-state index is 0.0509. The fraction of sp³-hybridized carbons (Fsp3) is 0.650. The van der Waals surface area contributed by atoms with Crippen LogP contribution < -0.4 is 0 Å². The van der Waals surface area contributed by atoms with Crippen molar-refractivity contribution in [1.82, 2.24) is 0 Å². The molecule has 1 saturated heterocycles. The van der Waals surface area contributed by atoms with Crippen LogP contribution in [-0.2, 0) is 15.1 Å². The Balaban J connectivity index is 1.83. The molecule has 132 valence electrons. The average molecular weight is 332 g/mol. The van der Waals surface area contributed by atoms with Crippen LogP contribution in [0.1, 0.15) is 44.1 Å². The third-order valence-electron chi connectivity index (χ3n) is 5.75. The van der Waals surface area contributed by atoms with E-state index in [1.807, 2.05) is 30.3 Å². The molecule has 1 heterocycles. The number of aliphatic hydroxyl groups is 1. The van der Waals surface area contributed by atoms with Gasteiger partial charge in [0, 0.05) is 12.3 Å². The molecule has 0 aromatic heterocycles.